The first-order chi connectivity index (χ1) is 11.7. The first kappa shape index (κ1) is 17.9. The molecule has 128 valence electrons. The molecule has 0 bridgehead atoms. The molecule has 5 heteroatoms. The molecule has 0 aromatic heterocycles. The highest BCUT2D eigenvalue weighted by atomic mass is 19.1. The first-order valence-corrected chi connectivity index (χ1v) is 7.87. The van der Waals surface area contributed by atoms with Crippen LogP contribution in [0.2, 0.25) is 0 Å². The Labute approximate surface area is 141 Å². The third-order valence-corrected chi connectivity index (χ3v) is 3.27. The molecule has 0 aliphatic heterocycles. The van der Waals surface area contributed by atoms with Crippen LogP contribution in [0.3, 0.4) is 0 Å². The molecule has 2 aromatic carbocycles. The van der Waals surface area contributed by atoms with Gasteiger partial charge in [-0.1, -0.05) is 36.4 Å². The Balaban J connectivity index is 1.82. The van der Waals surface area contributed by atoms with Gasteiger partial charge in [-0.05, 0) is 18.6 Å². The fraction of sp³-hybridized carbons (Fsp3) is 0.316. The van der Waals surface area contributed by atoms with Crippen molar-refractivity contribution in [2.24, 2.45) is 0 Å². The number of hydrogen-bond acceptors (Lipinski definition) is 4. The molecule has 4 nitrogen and oxygen atoms in total. The lowest BCUT2D eigenvalue weighted by Crippen LogP contribution is -2.11. The van der Waals surface area contributed by atoms with Crippen LogP contribution in [0, 0.1) is 5.82 Å². The van der Waals surface area contributed by atoms with Crippen LogP contribution in [0.25, 0.3) is 0 Å². The number of carbonyl (C=O) groups excluding carboxylic acids is 1. The van der Waals surface area contributed by atoms with Crippen molar-refractivity contribution in [3.8, 4) is 5.75 Å². The van der Waals surface area contributed by atoms with E-state index in [9.17, 15) is 9.18 Å². The highest BCUT2D eigenvalue weighted by Crippen LogP contribution is 2.21. The lowest BCUT2D eigenvalue weighted by atomic mass is 10.1. The highest BCUT2D eigenvalue weighted by molar-refractivity contribution is 5.73. The van der Waals surface area contributed by atoms with Crippen LogP contribution in [0.4, 0.5) is 4.39 Å². The van der Waals surface area contributed by atoms with Crippen molar-refractivity contribution in [2.45, 2.75) is 20.0 Å². The fourth-order valence-electron chi connectivity index (χ4n) is 2.15. The van der Waals surface area contributed by atoms with E-state index in [1.54, 1.807) is 6.92 Å². The van der Waals surface area contributed by atoms with Crippen molar-refractivity contribution >= 4 is 5.97 Å². The summed E-state index contributed by atoms with van der Waals surface area (Å²) in [5.74, 6) is -0.441. The molecule has 0 fully saturated rings. The molecule has 0 heterocycles. The van der Waals surface area contributed by atoms with Gasteiger partial charge >= 0.3 is 5.97 Å². The maximum absolute atomic E-state index is 13.4. The van der Waals surface area contributed by atoms with Gasteiger partial charge < -0.3 is 14.2 Å². The zero-order valence-electron chi connectivity index (χ0n) is 13.7. The second-order valence-corrected chi connectivity index (χ2v) is 5.12. The molecular weight excluding hydrogens is 311 g/mol. The van der Waals surface area contributed by atoms with E-state index < -0.39 is 5.82 Å². The van der Waals surface area contributed by atoms with Gasteiger partial charge in [-0.3, -0.25) is 4.79 Å². The van der Waals surface area contributed by atoms with Gasteiger partial charge in [-0.25, -0.2) is 4.39 Å². The van der Waals surface area contributed by atoms with Gasteiger partial charge in [0.2, 0.25) is 0 Å². The molecule has 0 N–H and O–H groups in total. The van der Waals surface area contributed by atoms with Crippen LogP contribution >= 0.6 is 0 Å². The summed E-state index contributed by atoms with van der Waals surface area (Å²) in [4.78, 5) is 11.6. The van der Waals surface area contributed by atoms with Crippen LogP contribution in [-0.4, -0.2) is 25.8 Å². The molecular formula is C19H21FO4. The highest BCUT2D eigenvalue weighted by Gasteiger charge is 2.11. The van der Waals surface area contributed by atoms with Crippen LogP contribution in [0.5, 0.6) is 5.75 Å². The van der Waals surface area contributed by atoms with E-state index in [0.717, 1.165) is 5.56 Å². The molecule has 2 rings (SSSR count). The van der Waals surface area contributed by atoms with Crippen LogP contribution in [-0.2, 0) is 27.3 Å². The number of esters is 1. The number of ether oxygens (including phenoxy) is 3. The predicted octanol–water partition coefficient (Wildman–Crippen LogP) is 3.53. The van der Waals surface area contributed by atoms with E-state index in [2.05, 4.69) is 0 Å². The van der Waals surface area contributed by atoms with Crippen molar-refractivity contribution in [3.63, 3.8) is 0 Å². The molecule has 2 aromatic rings. The molecule has 0 saturated heterocycles. The summed E-state index contributed by atoms with van der Waals surface area (Å²) in [5.41, 5.74) is 1.67. The van der Waals surface area contributed by atoms with Crippen molar-refractivity contribution in [1.29, 1.82) is 0 Å². The van der Waals surface area contributed by atoms with E-state index in [1.165, 1.54) is 18.2 Å². The Morgan fingerprint density at radius 3 is 2.62 bits per heavy atom. The number of carbonyl (C=O) groups is 1. The molecule has 0 radical (unpaired) electrons. The summed E-state index contributed by atoms with van der Waals surface area (Å²) in [6.07, 6.45) is 0.0499. The zero-order valence-corrected chi connectivity index (χ0v) is 13.7. The molecule has 0 aliphatic rings. The summed E-state index contributed by atoms with van der Waals surface area (Å²) in [6, 6.07) is 13.9. The minimum absolute atomic E-state index is 0.0499. The van der Waals surface area contributed by atoms with E-state index in [-0.39, 0.29) is 19.0 Å². The van der Waals surface area contributed by atoms with Crippen LogP contribution < -0.4 is 4.74 Å². The Bertz CT molecular complexity index is 643. The summed E-state index contributed by atoms with van der Waals surface area (Å²) >= 11 is 0. The van der Waals surface area contributed by atoms with Crippen molar-refractivity contribution in [2.75, 3.05) is 19.8 Å². The SMILES string of the molecule is CCOC(=O)Cc1ccc(F)cc1OCCOCc1ccccc1. The predicted molar refractivity (Wildman–Crippen MR) is 88.3 cm³/mol. The summed E-state index contributed by atoms with van der Waals surface area (Å²) in [5, 5.41) is 0. The maximum atomic E-state index is 13.4. The lowest BCUT2D eigenvalue weighted by molar-refractivity contribution is -0.142. The average Bonchev–Trinajstić information content (AvgIpc) is 2.58. The summed E-state index contributed by atoms with van der Waals surface area (Å²) < 4.78 is 29.4. The van der Waals surface area contributed by atoms with Crippen LogP contribution in [0.15, 0.2) is 48.5 Å². The molecule has 0 unspecified atom stereocenters. The Kier molecular flexibility index (Phi) is 7.23. The monoisotopic (exact) mass is 332 g/mol. The maximum Gasteiger partial charge on any atom is 0.310 e. The third kappa shape index (κ3) is 6.01. The quantitative estimate of drug-likeness (QED) is 0.520. The Morgan fingerprint density at radius 2 is 1.88 bits per heavy atom. The second-order valence-electron chi connectivity index (χ2n) is 5.12. The van der Waals surface area contributed by atoms with E-state index in [4.69, 9.17) is 14.2 Å². The van der Waals surface area contributed by atoms with Gasteiger partial charge in [0.25, 0.3) is 0 Å². The van der Waals surface area contributed by atoms with Crippen molar-refractivity contribution in [1.82, 2.24) is 0 Å². The summed E-state index contributed by atoms with van der Waals surface area (Å²) in [7, 11) is 0. The molecule has 0 saturated carbocycles. The van der Waals surface area contributed by atoms with Gasteiger partial charge in [0.05, 0.1) is 26.2 Å². The fourth-order valence-corrected chi connectivity index (χ4v) is 2.15. The van der Waals surface area contributed by atoms with Gasteiger partial charge in [0.15, 0.2) is 0 Å². The number of halogens is 1. The van der Waals surface area contributed by atoms with Crippen molar-refractivity contribution < 1.29 is 23.4 Å². The minimum atomic E-state index is -0.414. The molecule has 24 heavy (non-hydrogen) atoms. The number of hydrogen-bond donors (Lipinski definition) is 0. The van der Waals surface area contributed by atoms with E-state index >= 15 is 0 Å². The Morgan fingerprint density at radius 1 is 1.08 bits per heavy atom. The normalized spacial score (nSPS) is 10.4. The number of rotatable bonds is 9. The molecule has 0 aliphatic carbocycles. The first-order valence-electron chi connectivity index (χ1n) is 7.87. The van der Waals surface area contributed by atoms with Gasteiger partial charge in [0.1, 0.15) is 18.2 Å². The Hall–Kier alpha value is -2.40. The van der Waals surface area contributed by atoms with E-state index in [1.807, 2.05) is 30.3 Å². The zero-order chi connectivity index (χ0) is 17.2. The molecule has 0 spiro atoms. The topological polar surface area (TPSA) is 44.8 Å². The third-order valence-electron chi connectivity index (χ3n) is 3.27. The lowest BCUT2D eigenvalue weighted by Gasteiger charge is -2.12. The standard InChI is InChI=1S/C19H21FO4/c1-2-23-19(21)12-16-8-9-17(20)13-18(16)24-11-10-22-14-15-6-4-3-5-7-15/h3-9,13H,2,10-12,14H2,1H3. The molecule has 0 atom stereocenters. The van der Waals surface area contributed by atoms with E-state index in [0.29, 0.717) is 31.1 Å². The number of benzene rings is 2. The average molecular weight is 332 g/mol. The van der Waals surface area contributed by atoms with Gasteiger partial charge in [-0.15, -0.1) is 0 Å². The minimum Gasteiger partial charge on any atom is -0.491 e. The van der Waals surface area contributed by atoms with Crippen LogP contribution in [0.1, 0.15) is 18.1 Å². The summed E-state index contributed by atoms with van der Waals surface area (Å²) in [6.45, 7) is 3.17. The van der Waals surface area contributed by atoms with Gasteiger partial charge in [0, 0.05) is 11.6 Å². The second kappa shape index (κ2) is 9.67. The van der Waals surface area contributed by atoms with Crippen molar-refractivity contribution in [3.05, 3.63) is 65.5 Å². The smallest absolute Gasteiger partial charge is 0.310 e. The molecule has 0 amide bonds. The van der Waals surface area contributed by atoms with Gasteiger partial charge in [-0.2, -0.15) is 0 Å². The largest absolute Gasteiger partial charge is 0.491 e.